The summed E-state index contributed by atoms with van der Waals surface area (Å²) >= 11 is 13.5. The third-order valence-corrected chi connectivity index (χ3v) is 11.2. The van der Waals surface area contributed by atoms with E-state index in [4.69, 9.17) is 28.2 Å². The summed E-state index contributed by atoms with van der Waals surface area (Å²) in [6.07, 6.45) is 10.4. The van der Waals surface area contributed by atoms with E-state index in [0.29, 0.717) is 21.8 Å². The highest BCUT2D eigenvalue weighted by Gasteiger charge is 2.53. The Kier molecular flexibility index (Phi) is 7.39. The first-order valence-electron chi connectivity index (χ1n) is 14.6. The van der Waals surface area contributed by atoms with Crippen molar-refractivity contribution in [3.05, 3.63) is 51.6 Å². The maximum Gasteiger partial charge on any atom is 0.266 e. The molecule has 0 atom stereocenters. The number of furan rings is 1. The van der Waals surface area contributed by atoms with Crippen molar-refractivity contribution < 1.29 is 9.21 Å². The zero-order valence-corrected chi connectivity index (χ0v) is 24.6. The molecule has 4 aliphatic carbocycles. The van der Waals surface area contributed by atoms with E-state index in [2.05, 4.69) is 16.3 Å². The number of carbonyl (C=O) groups excluding carboxylic acids is 1. The Bertz CT molecular complexity index is 1260. The summed E-state index contributed by atoms with van der Waals surface area (Å²) in [5.41, 5.74) is 2.14. The number of benzene rings is 1. The first kappa shape index (κ1) is 26.3. The largest absolute Gasteiger partial charge is 0.456 e. The molecule has 1 N–H and O–H groups in total. The van der Waals surface area contributed by atoms with Crippen molar-refractivity contribution in [3.63, 3.8) is 0 Å². The summed E-state index contributed by atoms with van der Waals surface area (Å²) in [5.74, 6) is 4.65. The number of aryl methyl sites for hydroxylation is 1. The maximum atomic E-state index is 13.9. The van der Waals surface area contributed by atoms with Gasteiger partial charge in [0.2, 0.25) is 0 Å². The fraction of sp³-hybridized carbons (Fsp3) is 0.548. The van der Waals surface area contributed by atoms with E-state index in [1.807, 2.05) is 35.2 Å². The van der Waals surface area contributed by atoms with Crippen LogP contribution in [0.3, 0.4) is 0 Å². The second kappa shape index (κ2) is 11.0. The summed E-state index contributed by atoms with van der Waals surface area (Å²) < 4.78 is 7.16. The van der Waals surface area contributed by atoms with Crippen molar-refractivity contribution >= 4 is 51.9 Å². The second-order valence-electron chi connectivity index (χ2n) is 12.2. The Morgan fingerprint density at radius 2 is 1.74 bits per heavy atom. The smallest absolute Gasteiger partial charge is 0.266 e. The molecule has 0 unspecified atom stereocenters. The van der Waals surface area contributed by atoms with Gasteiger partial charge in [-0.25, -0.2) is 0 Å². The number of halogens is 1. The van der Waals surface area contributed by atoms with E-state index in [1.54, 1.807) is 0 Å². The Morgan fingerprint density at radius 3 is 2.44 bits per heavy atom. The quantitative estimate of drug-likeness (QED) is 0.299. The minimum atomic E-state index is 0.0821. The van der Waals surface area contributed by atoms with Crippen LogP contribution in [0.15, 0.2) is 39.7 Å². The second-order valence-corrected chi connectivity index (χ2v) is 14.3. The number of rotatable bonds is 7. The van der Waals surface area contributed by atoms with Crippen LogP contribution in [-0.4, -0.2) is 58.8 Å². The predicted molar refractivity (Wildman–Crippen MR) is 163 cm³/mol. The molecule has 6 fully saturated rings. The molecule has 8 rings (SSSR count). The first-order valence-corrected chi connectivity index (χ1v) is 16.2. The molecular weight excluding hydrogens is 546 g/mol. The Hall–Kier alpha value is -1.64. The number of amides is 1. The molecule has 39 heavy (non-hydrogen) atoms. The van der Waals surface area contributed by atoms with Gasteiger partial charge in [0.1, 0.15) is 15.8 Å². The van der Waals surface area contributed by atoms with E-state index in [1.165, 1.54) is 43.9 Å². The molecule has 4 bridgehead atoms. The maximum absolute atomic E-state index is 13.9. The third-order valence-electron chi connectivity index (χ3n) is 9.66. The molecule has 6 aliphatic rings. The number of hydrogen-bond donors (Lipinski definition) is 1. The van der Waals surface area contributed by atoms with Crippen molar-refractivity contribution in [1.82, 2.24) is 15.1 Å². The fourth-order valence-corrected chi connectivity index (χ4v) is 9.56. The van der Waals surface area contributed by atoms with Crippen molar-refractivity contribution in [1.29, 1.82) is 0 Å². The van der Waals surface area contributed by atoms with Gasteiger partial charge in [-0.05, 0) is 111 Å². The topological polar surface area (TPSA) is 48.7 Å². The van der Waals surface area contributed by atoms with Gasteiger partial charge in [0, 0.05) is 48.9 Å². The van der Waals surface area contributed by atoms with Gasteiger partial charge in [-0.2, -0.15) is 0 Å². The van der Waals surface area contributed by atoms with Crippen molar-refractivity contribution in [2.75, 3.05) is 32.7 Å². The van der Waals surface area contributed by atoms with Crippen LogP contribution in [0.1, 0.15) is 49.8 Å². The van der Waals surface area contributed by atoms with E-state index in [0.717, 1.165) is 84.4 Å². The molecule has 206 valence electrons. The first-order chi connectivity index (χ1) is 19.0. The molecule has 0 spiro atoms. The molecule has 3 heterocycles. The molecule has 2 aliphatic heterocycles. The zero-order chi connectivity index (χ0) is 26.5. The number of thiocarbonyl (C=S) groups is 1. The van der Waals surface area contributed by atoms with Gasteiger partial charge in [-0.3, -0.25) is 9.69 Å². The van der Waals surface area contributed by atoms with Crippen LogP contribution in [0, 0.1) is 23.7 Å². The fourth-order valence-electron chi connectivity index (χ4n) is 8.12. The van der Waals surface area contributed by atoms with Crippen molar-refractivity contribution in [3.8, 4) is 11.3 Å². The van der Waals surface area contributed by atoms with Gasteiger partial charge in [0.25, 0.3) is 5.91 Å². The third kappa shape index (κ3) is 5.26. The number of thioether (sulfide) groups is 1. The Morgan fingerprint density at radius 1 is 1.05 bits per heavy atom. The summed E-state index contributed by atoms with van der Waals surface area (Å²) in [4.78, 5) is 19.1. The van der Waals surface area contributed by atoms with Crippen LogP contribution >= 0.6 is 35.6 Å². The molecular formula is C31H36ClN3O2S2. The zero-order valence-electron chi connectivity index (χ0n) is 22.2. The van der Waals surface area contributed by atoms with E-state index in [9.17, 15) is 4.79 Å². The van der Waals surface area contributed by atoms with Crippen molar-refractivity contribution in [2.24, 2.45) is 23.7 Å². The number of hydrogen-bond acceptors (Lipinski definition) is 6. The molecule has 2 aromatic rings. The van der Waals surface area contributed by atoms with Gasteiger partial charge >= 0.3 is 0 Å². The van der Waals surface area contributed by atoms with Gasteiger partial charge in [-0.15, -0.1) is 0 Å². The highest BCUT2D eigenvalue weighted by atomic mass is 35.5. The number of piperazine rings is 1. The molecule has 0 radical (unpaired) electrons. The van der Waals surface area contributed by atoms with Gasteiger partial charge in [-0.1, -0.05) is 35.6 Å². The average Bonchev–Trinajstić information content (AvgIpc) is 3.45. The van der Waals surface area contributed by atoms with Gasteiger partial charge in [0.15, 0.2) is 0 Å². The SMILES string of the molecule is O=C1/C(=C/c2oc(-c3ccc(Cl)cc3)cc2CCCN2CCNCC2)SC(=S)N1C1C2CC3CC(C2)CC1C3. The van der Waals surface area contributed by atoms with Crippen LogP contribution in [-0.2, 0) is 11.2 Å². The lowest BCUT2D eigenvalue weighted by Crippen LogP contribution is -2.57. The summed E-state index contributed by atoms with van der Waals surface area (Å²) in [7, 11) is 0. The monoisotopic (exact) mass is 581 g/mol. The van der Waals surface area contributed by atoms with Crippen LogP contribution < -0.4 is 5.32 Å². The lowest BCUT2D eigenvalue weighted by molar-refractivity contribution is -0.130. The normalized spacial score (nSPS) is 31.7. The number of carbonyl (C=O) groups is 1. The minimum absolute atomic E-state index is 0.0821. The number of nitrogens with one attached hydrogen (secondary N) is 1. The molecule has 1 amide bonds. The molecule has 4 saturated carbocycles. The van der Waals surface area contributed by atoms with Crippen molar-refractivity contribution in [2.45, 2.75) is 51.0 Å². The molecule has 2 saturated heterocycles. The lowest BCUT2D eigenvalue weighted by Gasteiger charge is -2.56. The van der Waals surface area contributed by atoms with Crippen LogP contribution in [0.2, 0.25) is 5.02 Å². The summed E-state index contributed by atoms with van der Waals surface area (Å²) in [5, 5.41) is 4.13. The molecule has 1 aromatic heterocycles. The van der Waals surface area contributed by atoms with E-state index < -0.39 is 0 Å². The summed E-state index contributed by atoms with van der Waals surface area (Å²) in [6.45, 7) is 5.38. The highest BCUT2D eigenvalue weighted by molar-refractivity contribution is 8.26. The van der Waals surface area contributed by atoms with Crippen LogP contribution in [0.25, 0.3) is 17.4 Å². The lowest BCUT2D eigenvalue weighted by atomic mass is 9.54. The van der Waals surface area contributed by atoms with E-state index in [-0.39, 0.29) is 11.9 Å². The van der Waals surface area contributed by atoms with Crippen LogP contribution in [0.4, 0.5) is 0 Å². The molecule has 1 aromatic carbocycles. The molecule has 5 nitrogen and oxygen atoms in total. The highest BCUT2D eigenvalue weighted by Crippen LogP contribution is 2.56. The van der Waals surface area contributed by atoms with Gasteiger partial charge in [0.05, 0.1) is 4.91 Å². The van der Waals surface area contributed by atoms with Gasteiger partial charge < -0.3 is 14.6 Å². The Balaban J connectivity index is 1.14. The Labute approximate surface area is 245 Å². The standard InChI is InChI=1S/C31H36ClN3O2S2/c32-25-5-3-21(4-6-25)26-17-22(2-1-9-34-10-7-33-8-11-34)27(37-26)18-28-30(36)35(31(38)39-28)29-23-13-19-12-20(15-23)16-24(29)14-19/h3-6,17-20,23-24,29,33H,1-2,7-16H2/b28-18-. The number of nitrogens with zero attached hydrogens (tertiary/aromatic N) is 2. The minimum Gasteiger partial charge on any atom is -0.456 e. The summed E-state index contributed by atoms with van der Waals surface area (Å²) in [6, 6.07) is 10.2. The van der Waals surface area contributed by atoms with Crippen LogP contribution in [0.5, 0.6) is 0 Å². The van der Waals surface area contributed by atoms with E-state index >= 15 is 0 Å². The predicted octanol–water partition coefficient (Wildman–Crippen LogP) is 6.46. The average molecular weight is 582 g/mol. The molecule has 8 heteroatoms.